The zero-order chi connectivity index (χ0) is 13.7. The van der Waals surface area contributed by atoms with Crippen LogP contribution in [0.2, 0.25) is 0 Å². The minimum atomic E-state index is -0.322. The summed E-state index contributed by atoms with van der Waals surface area (Å²) in [6.45, 7) is 1.81. The number of ether oxygens (including phenoxy) is 1. The fourth-order valence-electron chi connectivity index (χ4n) is 1.56. The van der Waals surface area contributed by atoms with E-state index in [4.69, 9.17) is 4.74 Å². The number of anilines is 1. The van der Waals surface area contributed by atoms with Gasteiger partial charge in [0.25, 0.3) is 0 Å². The van der Waals surface area contributed by atoms with Gasteiger partial charge in [-0.15, -0.1) is 0 Å². The number of aromatic nitrogens is 3. The molecule has 0 spiro atoms. The van der Waals surface area contributed by atoms with Crippen LogP contribution in [0.1, 0.15) is 18.8 Å². The molecule has 2 aromatic rings. The molecule has 100 valence electrons. The van der Waals surface area contributed by atoms with E-state index < -0.39 is 0 Å². The van der Waals surface area contributed by atoms with Crippen molar-refractivity contribution in [3.63, 3.8) is 0 Å². The molecule has 2 rings (SSSR count). The van der Waals surface area contributed by atoms with Crippen LogP contribution in [0, 0.1) is 0 Å². The van der Waals surface area contributed by atoms with Crippen LogP contribution < -0.4 is 15.4 Å². The molecule has 1 aromatic carbocycles. The molecule has 3 N–H and O–H groups in total. The van der Waals surface area contributed by atoms with Gasteiger partial charge < -0.3 is 15.4 Å². The molecule has 1 aromatic heterocycles. The zero-order valence-corrected chi connectivity index (χ0v) is 10.7. The van der Waals surface area contributed by atoms with Gasteiger partial charge in [-0.25, -0.2) is 9.78 Å². The molecule has 1 atom stereocenters. The molecule has 2 amide bonds. The summed E-state index contributed by atoms with van der Waals surface area (Å²) in [5.41, 5.74) is 0.654. The monoisotopic (exact) mass is 261 g/mol. The lowest BCUT2D eigenvalue weighted by Crippen LogP contribution is -2.31. The molecule has 1 unspecified atom stereocenters. The number of carbonyl (C=O) groups excluding carboxylic acids is 1. The maximum Gasteiger partial charge on any atom is 0.319 e. The summed E-state index contributed by atoms with van der Waals surface area (Å²) in [4.78, 5) is 15.8. The first-order valence-corrected chi connectivity index (χ1v) is 5.76. The quantitative estimate of drug-likeness (QED) is 0.781. The number of benzene rings is 1. The Morgan fingerprint density at radius 1 is 1.47 bits per heavy atom. The van der Waals surface area contributed by atoms with Crippen molar-refractivity contribution in [2.45, 2.75) is 13.0 Å². The predicted octanol–water partition coefficient (Wildman–Crippen LogP) is 1.70. The number of methoxy groups -OCH3 is 1. The lowest BCUT2D eigenvalue weighted by molar-refractivity contribution is 0.249. The minimum absolute atomic E-state index is 0.256. The molecule has 19 heavy (non-hydrogen) atoms. The van der Waals surface area contributed by atoms with E-state index in [9.17, 15) is 4.79 Å². The average Bonchev–Trinajstić information content (AvgIpc) is 2.92. The highest BCUT2D eigenvalue weighted by atomic mass is 16.5. The van der Waals surface area contributed by atoms with E-state index in [-0.39, 0.29) is 12.1 Å². The summed E-state index contributed by atoms with van der Waals surface area (Å²) in [6, 6.07) is 6.54. The molecule has 0 saturated carbocycles. The molecule has 1 heterocycles. The van der Waals surface area contributed by atoms with Crippen LogP contribution in [-0.4, -0.2) is 28.3 Å². The normalized spacial score (nSPS) is 11.7. The van der Waals surface area contributed by atoms with Gasteiger partial charge in [-0.2, -0.15) is 5.10 Å². The van der Waals surface area contributed by atoms with E-state index >= 15 is 0 Å². The Morgan fingerprint density at radius 3 is 3.00 bits per heavy atom. The van der Waals surface area contributed by atoms with Gasteiger partial charge in [-0.3, -0.25) is 5.10 Å². The first-order valence-electron chi connectivity index (χ1n) is 5.76. The van der Waals surface area contributed by atoms with E-state index in [2.05, 4.69) is 25.8 Å². The van der Waals surface area contributed by atoms with Crippen molar-refractivity contribution in [3.8, 4) is 5.75 Å². The number of amides is 2. The van der Waals surface area contributed by atoms with E-state index in [1.807, 2.05) is 6.92 Å². The zero-order valence-electron chi connectivity index (χ0n) is 10.7. The Hall–Kier alpha value is -2.57. The van der Waals surface area contributed by atoms with Crippen LogP contribution in [0.5, 0.6) is 5.75 Å². The van der Waals surface area contributed by atoms with Crippen LogP contribution in [0.4, 0.5) is 10.5 Å². The Labute approximate surface area is 110 Å². The molecule has 0 fully saturated rings. The number of aromatic amines is 1. The number of H-pyrrole nitrogens is 1. The maximum absolute atomic E-state index is 11.8. The Morgan fingerprint density at radius 2 is 2.32 bits per heavy atom. The predicted molar refractivity (Wildman–Crippen MR) is 69.9 cm³/mol. The Kier molecular flexibility index (Phi) is 3.97. The third-order valence-corrected chi connectivity index (χ3v) is 2.52. The Bertz CT molecular complexity index is 541. The fourth-order valence-corrected chi connectivity index (χ4v) is 1.56. The van der Waals surface area contributed by atoms with Gasteiger partial charge in [-0.1, -0.05) is 6.07 Å². The van der Waals surface area contributed by atoms with Crippen LogP contribution in [0.15, 0.2) is 30.6 Å². The standard InChI is InChI=1S/C12H15N5O2/c1-8(11-13-7-14-17-11)15-12(18)16-9-4-3-5-10(6-9)19-2/h3-8H,1-2H3,(H,13,14,17)(H2,15,16,18). The highest BCUT2D eigenvalue weighted by molar-refractivity contribution is 5.89. The SMILES string of the molecule is COc1cccc(NC(=O)NC(C)c2ncn[nH]2)c1. The van der Waals surface area contributed by atoms with Gasteiger partial charge in [0.05, 0.1) is 13.2 Å². The molecule has 7 nitrogen and oxygen atoms in total. The Balaban J connectivity index is 1.93. The highest BCUT2D eigenvalue weighted by Gasteiger charge is 2.11. The largest absolute Gasteiger partial charge is 0.497 e. The number of carbonyl (C=O) groups is 1. The molecule has 7 heteroatoms. The second-order valence-electron chi connectivity index (χ2n) is 3.92. The van der Waals surface area contributed by atoms with Gasteiger partial charge in [0.2, 0.25) is 0 Å². The molecular formula is C12H15N5O2. The van der Waals surface area contributed by atoms with Crippen molar-refractivity contribution in [2.24, 2.45) is 0 Å². The molecule has 0 bridgehead atoms. The van der Waals surface area contributed by atoms with E-state index in [0.717, 1.165) is 0 Å². The lowest BCUT2D eigenvalue weighted by atomic mass is 10.3. The van der Waals surface area contributed by atoms with Crippen LogP contribution in [-0.2, 0) is 0 Å². The van der Waals surface area contributed by atoms with Gasteiger partial charge in [0.15, 0.2) is 0 Å². The number of hydrogen-bond acceptors (Lipinski definition) is 4. The van der Waals surface area contributed by atoms with Crippen molar-refractivity contribution in [1.82, 2.24) is 20.5 Å². The van der Waals surface area contributed by atoms with Gasteiger partial charge >= 0.3 is 6.03 Å². The molecular weight excluding hydrogens is 246 g/mol. The second kappa shape index (κ2) is 5.85. The summed E-state index contributed by atoms with van der Waals surface area (Å²) >= 11 is 0. The summed E-state index contributed by atoms with van der Waals surface area (Å²) < 4.78 is 5.08. The van der Waals surface area contributed by atoms with Crippen molar-refractivity contribution in [3.05, 3.63) is 36.4 Å². The van der Waals surface area contributed by atoms with Crippen LogP contribution in [0.3, 0.4) is 0 Å². The van der Waals surface area contributed by atoms with Crippen LogP contribution in [0.25, 0.3) is 0 Å². The van der Waals surface area contributed by atoms with Crippen molar-refractivity contribution in [2.75, 3.05) is 12.4 Å². The average molecular weight is 261 g/mol. The van der Waals surface area contributed by atoms with Crippen molar-refractivity contribution >= 4 is 11.7 Å². The second-order valence-corrected chi connectivity index (χ2v) is 3.92. The molecule has 0 radical (unpaired) electrons. The summed E-state index contributed by atoms with van der Waals surface area (Å²) in [5, 5.41) is 11.9. The smallest absolute Gasteiger partial charge is 0.319 e. The molecule has 0 aliphatic rings. The van der Waals surface area contributed by atoms with Crippen molar-refractivity contribution < 1.29 is 9.53 Å². The lowest BCUT2D eigenvalue weighted by Gasteiger charge is -2.12. The first-order chi connectivity index (χ1) is 9.19. The molecule has 0 aliphatic heterocycles. The fraction of sp³-hybridized carbons (Fsp3) is 0.250. The summed E-state index contributed by atoms with van der Waals surface area (Å²) in [5.74, 6) is 1.28. The van der Waals surface area contributed by atoms with Gasteiger partial charge in [0.1, 0.15) is 17.9 Å². The summed E-state index contributed by atoms with van der Waals surface area (Å²) in [7, 11) is 1.57. The number of urea groups is 1. The van der Waals surface area contributed by atoms with E-state index in [1.165, 1.54) is 6.33 Å². The third-order valence-electron chi connectivity index (χ3n) is 2.52. The van der Waals surface area contributed by atoms with Crippen LogP contribution >= 0.6 is 0 Å². The topological polar surface area (TPSA) is 91.9 Å². The van der Waals surface area contributed by atoms with Gasteiger partial charge in [0, 0.05) is 11.8 Å². The van der Waals surface area contributed by atoms with Gasteiger partial charge in [-0.05, 0) is 19.1 Å². The van der Waals surface area contributed by atoms with Crippen molar-refractivity contribution in [1.29, 1.82) is 0 Å². The molecule has 0 aliphatic carbocycles. The third kappa shape index (κ3) is 3.44. The number of hydrogen-bond donors (Lipinski definition) is 3. The number of nitrogens with one attached hydrogen (secondary N) is 3. The highest BCUT2D eigenvalue weighted by Crippen LogP contribution is 2.16. The minimum Gasteiger partial charge on any atom is -0.497 e. The first kappa shape index (κ1) is 12.9. The molecule has 0 saturated heterocycles. The van der Waals surface area contributed by atoms with E-state index in [1.54, 1.807) is 31.4 Å². The number of rotatable bonds is 4. The maximum atomic E-state index is 11.8. The number of nitrogens with zero attached hydrogens (tertiary/aromatic N) is 2. The summed E-state index contributed by atoms with van der Waals surface area (Å²) in [6.07, 6.45) is 1.40. The van der Waals surface area contributed by atoms with E-state index in [0.29, 0.717) is 17.3 Å².